The summed E-state index contributed by atoms with van der Waals surface area (Å²) in [6.45, 7) is 5.25. The standard InChI is InChI=1S/C23H28N2O4S2/c1-3-28-23(29-4-2)17-12-31-13-25(17)22(27)20-19(18(30)11-24-20)21(26)16-9-14-7-5-6-8-15(14)10-16/h5-9,17,19-20,23-24H,3-4,10-13H2,1-2H3/t17-,19?,20-/m0/s1. The van der Waals surface area contributed by atoms with Gasteiger partial charge in [-0.05, 0) is 31.1 Å². The van der Waals surface area contributed by atoms with Gasteiger partial charge >= 0.3 is 0 Å². The molecule has 2 aliphatic heterocycles. The van der Waals surface area contributed by atoms with Crippen LogP contribution in [0.1, 0.15) is 25.0 Å². The number of benzene rings is 1. The summed E-state index contributed by atoms with van der Waals surface area (Å²) in [4.78, 5) is 29.4. The topological polar surface area (TPSA) is 67.9 Å². The van der Waals surface area contributed by atoms with E-state index in [-0.39, 0.29) is 17.7 Å². The number of ether oxygens (including phenoxy) is 2. The number of fused-ring (bicyclic) bond motifs is 1. The lowest BCUT2D eigenvalue weighted by Crippen LogP contribution is -2.54. The average molecular weight is 461 g/mol. The van der Waals surface area contributed by atoms with Crippen molar-refractivity contribution < 1.29 is 19.1 Å². The van der Waals surface area contributed by atoms with Crippen LogP contribution in [0, 0.1) is 5.92 Å². The lowest BCUT2D eigenvalue weighted by atomic mass is 9.89. The van der Waals surface area contributed by atoms with Gasteiger partial charge < -0.3 is 19.7 Å². The number of nitrogens with one attached hydrogen (secondary N) is 1. The SMILES string of the molecule is CCOC(OCC)[C@@H]1CSCN1C(=O)[C@H]1NCC(=S)C1C(=O)C1=Cc2ccccc2C1. The molecule has 6 nitrogen and oxygen atoms in total. The second-order valence-corrected chi connectivity index (χ2v) is 9.39. The fourth-order valence-corrected chi connectivity index (χ4v) is 6.00. The molecule has 1 aliphatic carbocycles. The van der Waals surface area contributed by atoms with Gasteiger partial charge in [0.1, 0.15) is 6.04 Å². The van der Waals surface area contributed by atoms with E-state index in [1.165, 1.54) is 0 Å². The van der Waals surface area contributed by atoms with Crippen molar-refractivity contribution >= 4 is 46.6 Å². The number of allylic oxidation sites excluding steroid dienone is 1. The van der Waals surface area contributed by atoms with Crippen LogP contribution in [-0.4, -0.2) is 71.2 Å². The Bertz CT molecular complexity index is 897. The summed E-state index contributed by atoms with van der Waals surface area (Å²) in [6, 6.07) is 7.17. The summed E-state index contributed by atoms with van der Waals surface area (Å²) < 4.78 is 11.5. The van der Waals surface area contributed by atoms with Crippen LogP contribution >= 0.6 is 24.0 Å². The molecule has 0 saturated carbocycles. The van der Waals surface area contributed by atoms with Crippen LogP contribution < -0.4 is 5.32 Å². The summed E-state index contributed by atoms with van der Waals surface area (Å²) in [5, 5.41) is 3.21. The fraction of sp³-hybridized carbons (Fsp3) is 0.522. The molecule has 0 radical (unpaired) electrons. The third kappa shape index (κ3) is 4.50. The molecule has 1 amide bonds. The number of amides is 1. The van der Waals surface area contributed by atoms with Crippen LogP contribution in [0.3, 0.4) is 0 Å². The van der Waals surface area contributed by atoms with Crippen molar-refractivity contribution in [3.8, 4) is 0 Å². The number of carbonyl (C=O) groups is 2. The van der Waals surface area contributed by atoms with Gasteiger partial charge in [0.25, 0.3) is 0 Å². The second-order valence-electron chi connectivity index (χ2n) is 7.87. The first-order valence-corrected chi connectivity index (χ1v) is 12.3. The molecule has 0 aromatic heterocycles. The number of hydrogen-bond donors (Lipinski definition) is 1. The van der Waals surface area contributed by atoms with Crippen molar-refractivity contribution in [1.82, 2.24) is 10.2 Å². The van der Waals surface area contributed by atoms with E-state index in [1.54, 1.807) is 16.7 Å². The molecule has 3 aliphatic rings. The average Bonchev–Trinajstić information content (AvgIpc) is 3.50. The van der Waals surface area contributed by atoms with Gasteiger partial charge in [0, 0.05) is 42.4 Å². The van der Waals surface area contributed by atoms with Gasteiger partial charge in [0.2, 0.25) is 5.91 Å². The molecule has 2 fully saturated rings. The summed E-state index contributed by atoms with van der Waals surface area (Å²) >= 11 is 7.21. The smallest absolute Gasteiger partial charge is 0.241 e. The molecule has 166 valence electrons. The van der Waals surface area contributed by atoms with Crippen molar-refractivity contribution in [1.29, 1.82) is 0 Å². The zero-order valence-corrected chi connectivity index (χ0v) is 19.5. The molecule has 3 atom stereocenters. The highest BCUT2D eigenvalue weighted by molar-refractivity contribution is 7.99. The van der Waals surface area contributed by atoms with Crippen molar-refractivity contribution in [2.45, 2.75) is 38.6 Å². The summed E-state index contributed by atoms with van der Waals surface area (Å²) in [7, 11) is 0. The molecule has 31 heavy (non-hydrogen) atoms. The highest BCUT2D eigenvalue weighted by Crippen LogP contribution is 2.32. The molecule has 0 bridgehead atoms. The maximum Gasteiger partial charge on any atom is 0.241 e. The van der Waals surface area contributed by atoms with Crippen LogP contribution in [0.4, 0.5) is 0 Å². The van der Waals surface area contributed by atoms with Crippen LogP contribution in [0.15, 0.2) is 29.8 Å². The molecular formula is C23H28N2O4S2. The third-order valence-electron chi connectivity index (χ3n) is 5.99. The molecule has 1 aromatic carbocycles. The number of hydrogen-bond acceptors (Lipinski definition) is 7. The predicted molar refractivity (Wildman–Crippen MR) is 126 cm³/mol. The van der Waals surface area contributed by atoms with Crippen LogP contribution in [-0.2, 0) is 25.5 Å². The third-order valence-corrected chi connectivity index (χ3v) is 7.42. The molecular weight excluding hydrogens is 432 g/mol. The van der Waals surface area contributed by atoms with E-state index >= 15 is 0 Å². The first kappa shape index (κ1) is 22.6. The first-order valence-electron chi connectivity index (χ1n) is 10.7. The molecule has 2 heterocycles. The van der Waals surface area contributed by atoms with E-state index in [2.05, 4.69) is 5.32 Å². The van der Waals surface area contributed by atoms with Crippen LogP contribution in [0.5, 0.6) is 0 Å². The van der Waals surface area contributed by atoms with Crippen LogP contribution in [0.2, 0.25) is 0 Å². The fourth-order valence-electron chi connectivity index (χ4n) is 4.48. The normalized spacial score (nSPS) is 25.3. The lowest BCUT2D eigenvalue weighted by Gasteiger charge is -2.33. The molecule has 8 heteroatoms. The number of carbonyl (C=O) groups excluding carboxylic acids is 2. The molecule has 1 unspecified atom stereocenters. The summed E-state index contributed by atoms with van der Waals surface area (Å²) in [6.07, 6.45) is 2.06. The van der Waals surface area contributed by atoms with Crippen molar-refractivity contribution in [3.63, 3.8) is 0 Å². The van der Waals surface area contributed by atoms with Gasteiger partial charge in [-0.25, -0.2) is 0 Å². The van der Waals surface area contributed by atoms with Crippen molar-refractivity contribution in [2.75, 3.05) is 31.4 Å². The molecule has 2 saturated heterocycles. The molecule has 1 N–H and O–H groups in total. The van der Waals surface area contributed by atoms with E-state index in [4.69, 9.17) is 21.7 Å². The minimum Gasteiger partial charge on any atom is -0.351 e. The first-order chi connectivity index (χ1) is 15.0. The Kier molecular flexibility index (Phi) is 7.23. The van der Waals surface area contributed by atoms with Gasteiger partial charge in [0.05, 0.1) is 17.8 Å². The number of thioether (sulfide) groups is 1. The van der Waals surface area contributed by atoms with E-state index in [9.17, 15) is 9.59 Å². The number of Topliss-reactive ketones (excluding diaryl/α,β-unsaturated/α-hetero) is 1. The molecule has 1 aromatic rings. The largest absolute Gasteiger partial charge is 0.351 e. The molecule has 0 spiro atoms. The van der Waals surface area contributed by atoms with Gasteiger partial charge in [-0.3, -0.25) is 9.59 Å². The summed E-state index contributed by atoms with van der Waals surface area (Å²) in [5.41, 5.74) is 2.93. The Labute approximate surface area is 192 Å². The number of nitrogens with zero attached hydrogens (tertiary/aromatic N) is 1. The Morgan fingerprint density at radius 2 is 2.00 bits per heavy atom. The Balaban J connectivity index is 1.52. The van der Waals surface area contributed by atoms with Crippen molar-refractivity contribution in [3.05, 3.63) is 41.0 Å². The van der Waals surface area contributed by atoms with E-state index in [1.807, 2.05) is 44.2 Å². The zero-order chi connectivity index (χ0) is 22.0. The van der Waals surface area contributed by atoms with Gasteiger partial charge in [-0.15, -0.1) is 11.8 Å². The lowest BCUT2D eigenvalue weighted by molar-refractivity contribution is -0.174. The van der Waals surface area contributed by atoms with Gasteiger partial charge in [-0.1, -0.05) is 36.5 Å². The minimum atomic E-state index is -0.644. The van der Waals surface area contributed by atoms with E-state index < -0.39 is 18.2 Å². The number of ketones is 1. The van der Waals surface area contributed by atoms with Crippen LogP contribution in [0.25, 0.3) is 6.08 Å². The molecule has 4 rings (SSSR count). The zero-order valence-electron chi connectivity index (χ0n) is 17.8. The quantitative estimate of drug-likeness (QED) is 0.472. The number of rotatable bonds is 8. The Morgan fingerprint density at radius 1 is 1.26 bits per heavy atom. The monoisotopic (exact) mass is 460 g/mol. The van der Waals surface area contributed by atoms with Crippen molar-refractivity contribution in [2.24, 2.45) is 5.92 Å². The summed E-state index contributed by atoms with van der Waals surface area (Å²) in [5.74, 6) is 0.534. The van der Waals surface area contributed by atoms with Gasteiger partial charge in [-0.2, -0.15) is 0 Å². The van der Waals surface area contributed by atoms with Gasteiger partial charge in [0.15, 0.2) is 12.1 Å². The van der Waals surface area contributed by atoms with E-state index in [0.717, 1.165) is 22.5 Å². The van der Waals surface area contributed by atoms with E-state index in [0.29, 0.717) is 36.9 Å². The Hall–Kier alpha value is -1.58. The Morgan fingerprint density at radius 3 is 2.71 bits per heavy atom. The highest BCUT2D eigenvalue weighted by atomic mass is 32.2. The maximum absolute atomic E-state index is 13.6. The maximum atomic E-state index is 13.6. The highest BCUT2D eigenvalue weighted by Gasteiger charge is 2.47. The number of thiocarbonyl (C=S) groups is 1. The predicted octanol–water partition coefficient (Wildman–Crippen LogP) is 2.45. The second kappa shape index (κ2) is 9.92. The minimum absolute atomic E-state index is 0.0425.